The summed E-state index contributed by atoms with van der Waals surface area (Å²) in [5, 5.41) is 3.40. The van der Waals surface area contributed by atoms with Gasteiger partial charge in [0.15, 0.2) is 0 Å². The van der Waals surface area contributed by atoms with Crippen LogP contribution >= 0.6 is 0 Å². The van der Waals surface area contributed by atoms with Crippen LogP contribution in [0.1, 0.15) is 75.8 Å². The molecule has 0 radical (unpaired) electrons. The number of nitrogens with zero attached hydrogens (tertiary/aromatic N) is 1. The lowest BCUT2D eigenvalue weighted by atomic mass is 9.57. The van der Waals surface area contributed by atoms with E-state index in [-0.39, 0.29) is 29.4 Å². The molecule has 40 heavy (non-hydrogen) atoms. The lowest BCUT2D eigenvalue weighted by Gasteiger charge is -2.55. The fourth-order valence-corrected chi connectivity index (χ4v) is 7.23. The highest BCUT2D eigenvalue weighted by atomic mass is 16.5. The smallest absolute Gasteiger partial charge is 0.308 e. The number of carbonyl (C=O) groups excluding carboxylic acids is 2. The number of rotatable bonds is 12. The van der Waals surface area contributed by atoms with Gasteiger partial charge in [-0.25, -0.2) is 0 Å². The zero-order chi connectivity index (χ0) is 28.0. The summed E-state index contributed by atoms with van der Waals surface area (Å²) in [4.78, 5) is 27.4. The third-order valence-corrected chi connectivity index (χ3v) is 9.38. The summed E-state index contributed by atoms with van der Waals surface area (Å²) in [5.41, 5.74) is 2.42. The van der Waals surface area contributed by atoms with E-state index in [1.54, 1.807) is 0 Å². The normalized spacial score (nSPS) is 26.6. The molecule has 1 N–H and O–H groups in total. The molecule has 4 atom stereocenters. The first kappa shape index (κ1) is 28.8. The van der Waals surface area contributed by atoms with Crippen LogP contribution in [0.4, 0.5) is 0 Å². The van der Waals surface area contributed by atoms with E-state index in [4.69, 9.17) is 9.47 Å². The minimum absolute atomic E-state index is 0.0595. The van der Waals surface area contributed by atoms with Crippen molar-refractivity contribution >= 4 is 11.9 Å². The maximum Gasteiger partial charge on any atom is 0.308 e. The van der Waals surface area contributed by atoms with Gasteiger partial charge in [-0.3, -0.25) is 9.59 Å². The molecular weight excluding hydrogens is 500 g/mol. The quantitative estimate of drug-likeness (QED) is 0.211. The van der Waals surface area contributed by atoms with Crippen molar-refractivity contribution in [2.45, 2.75) is 88.7 Å². The molecule has 1 heterocycles. The lowest BCUT2D eigenvalue weighted by molar-refractivity contribution is -0.132. The molecule has 2 aliphatic carbocycles. The van der Waals surface area contributed by atoms with Crippen molar-refractivity contribution in [1.82, 2.24) is 10.2 Å². The number of methoxy groups -OCH3 is 1. The van der Waals surface area contributed by atoms with Crippen LogP contribution in [0.15, 0.2) is 54.6 Å². The Kier molecular flexibility index (Phi) is 9.59. The van der Waals surface area contributed by atoms with Crippen molar-refractivity contribution in [2.24, 2.45) is 11.8 Å². The van der Waals surface area contributed by atoms with Gasteiger partial charge in [0.05, 0.1) is 6.10 Å². The third-order valence-electron chi connectivity index (χ3n) is 9.38. The number of hydrogen-bond donors (Lipinski definition) is 1. The van der Waals surface area contributed by atoms with Crippen molar-refractivity contribution in [2.75, 3.05) is 26.7 Å². The van der Waals surface area contributed by atoms with E-state index >= 15 is 0 Å². The van der Waals surface area contributed by atoms with Gasteiger partial charge in [0.1, 0.15) is 5.75 Å². The van der Waals surface area contributed by atoms with E-state index in [2.05, 4.69) is 46.6 Å². The zero-order valence-corrected chi connectivity index (χ0v) is 24.3. The second kappa shape index (κ2) is 13.3. The predicted molar refractivity (Wildman–Crippen MR) is 157 cm³/mol. The minimum atomic E-state index is -0.308. The van der Waals surface area contributed by atoms with E-state index in [1.165, 1.54) is 37.4 Å². The van der Waals surface area contributed by atoms with Crippen molar-refractivity contribution in [1.29, 1.82) is 0 Å². The summed E-state index contributed by atoms with van der Waals surface area (Å²) in [6, 6.07) is 18.7. The number of hydrogen-bond acceptors (Lipinski definition) is 5. The van der Waals surface area contributed by atoms with Gasteiger partial charge >= 0.3 is 5.97 Å². The molecule has 1 saturated heterocycles. The molecule has 0 spiro atoms. The highest BCUT2D eigenvalue weighted by Crippen LogP contribution is 2.51. The fraction of sp³-hybridized carbons (Fsp3) is 0.588. The molecule has 216 valence electrons. The second-order valence-electron chi connectivity index (χ2n) is 12.4. The zero-order valence-electron chi connectivity index (χ0n) is 24.3. The van der Waals surface area contributed by atoms with Crippen LogP contribution in [-0.4, -0.2) is 55.7 Å². The van der Waals surface area contributed by atoms with Crippen LogP contribution in [0, 0.1) is 11.8 Å². The highest BCUT2D eigenvalue weighted by Gasteiger charge is 2.53. The van der Waals surface area contributed by atoms with Crippen LogP contribution < -0.4 is 10.1 Å². The number of amides is 1. The standard InChI is InChI=1S/C34H46N2O4/c1-25(37)40-30-14-9-13-28(20-30)34-18-19-36(23-27-16-17-27)24-31(34)32(39-2)21-29(22-34)35-33(38)15-8-4-7-12-26-10-5-3-6-11-26/h3,5-6,9-11,13-14,20,27,29,31-32H,4,7-8,12,15-19,21-24H2,1-2H3,(H,35,38). The Balaban J connectivity index is 1.25. The average Bonchev–Trinajstić information content (AvgIpc) is 3.77. The lowest BCUT2D eigenvalue weighted by Crippen LogP contribution is -2.61. The minimum Gasteiger partial charge on any atom is -0.427 e. The number of nitrogens with one attached hydrogen (secondary N) is 1. The Bertz CT molecular complexity index is 1130. The van der Waals surface area contributed by atoms with E-state index in [0.29, 0.717) is 18.1 Å². The SMILES string of the molecule is COC1CC(NC(=O)CCCCCc2ccccc2)CC2(c3cccc(OC(C)=O)c3)CCN(CC3CC3)CC12. The maximum atomic E-state index is 13.1. The largest absolute Gasteiger partial charge is 0.427 e. The molecule has 1 aliphatic heterocycles. The summed E-state index contributed by atoms with van der Waals surface area (Å²) >= 11 is 0. The van der Waals surface area contributed by atoms with Gasteiger partial charge in [0, 0.05) is 50.9 Å². The second-order valence-corrected chi connectivity index (χ2v) is 12.4. The molecule has 2 aromatic rings. The van der Waals surface area contributed by atoms with E-state index in [1.807, 2.05) is 25.3 Å². The molecular formula is C34H46N2O4. The van der Waals surface area contributed by atoms with Crippen molar-refractivity contribution in [3.05, 3.63) is 65.7 Å². The van der Waals surface area contributed by atoms with Crippen LogP contribution in [0.2, 0.25) is 0 Å². The van der Waals surface area contributed by atoms with Gasteiger partial charge < -0.3 is 19.7 Å². The Morgan fingerprint density at radius 1 is 1.05 bits per heavy atom. The summed E-state index contributed by atoms with van der Waals surface area (Å²) in [6.07, 6.45) is 10.2. The fourth-order valence-electron chi connectivity index (χ4n) is 7.23. The number of unbranched alkanes of at least 4 members (excludes halogenated alkanes) is 2. The number of likely N-dealkylation sites (tertiary alicyclic amines) is 1. The number of fused-ring (bicyclic) bond motifs is 1. The van der Waals surface area contributed by atoms with E-state index in [9.17, 15) is 9.59 Å². The summed E-state index contributed by atoms with van der Waals surface area (Å²) in [7, 11) is 1.82. The number of carbonyl (C=O) groups is 2. The number of aryl methyl sites for hydroxylation is 1. The average molecular weight is 547 g/mol. The van der Waals surface area contributed by atoms with Gasteiger partial charge in [-0.1, -0.05) is 48.9 Å². The van der Waals surface area contributed by atoms with Crippen LogP contribution in [0.5, 0.6) is 5.75 Å². The highest BCUT2D eigenvalue weighted by molar-refractivity contribution is 5.76. The van der Waals surface area contributed by atoms with E-state index in [0.717, 1.165) is 64.0 Å². The third kappa shape index (κ3) is 7.32. The molecule has 5 rings (SSSR count). The number of esters is 1. The summed E-state index contributed by atoms with van der Waals surface area (Å²) in [5.74, 6) is 1.60. The molecule has 3 fully saturated rings. The van der Waals surface area contributed by atoms with Gasteiger partial charge in [0.2, 0.25) is 5.91 Å². The first-order valence-corrected chi connectivity index (χ1v) is 15.3. The van der Waals surface area contributed by atoms with Crippen molar-refractivity contribution < 1.29 is 19.1 Å². The summed E-state index contributed by atoms with van der Waals surface area (Å²) in [6.45, 7) is 4.68. The van der Waals surface area contributed by atoms with E-state index < -0.39 is 0 Å². The molecule has 6 heteroatoms. The Labute approximate surface area is 239 Å². The van der Waals surface area contributed by atoms with Crippen molar-refractivity contribution in [3.8, 4) is 5.75 Å². The Morgan fingerprint density at radius 2 is 1.88 bits per heavy atom. The number of benzene rings is 2. The van der Waals surface area contributed by atoms with Gasteiger partial charge in [-0.05, 0) is 87.1 Å². The molecule has 0 bridgehead atoms. The molecule has 4 unspecified atom stereocenters. The molecule has 2 aromatic carbocycles. The van der Waals surface area contributed by atoms with Gasteiger partial charge in [-0.15, -0.1) is 0 Å². The predicted octanol–water partition coefficient (Wildman–Crippen LogP) is 5.68. The van der Waals surface area contributed by atoms with Crippen LogP contribution in [-0.2, 0) is 26.2 Å². The molecule has 6 nitrogen and oxygen atoms in total. The van der Waals surface area contributed by atoms with Gasteiger partial charge in [-0.2, -0.15) is 0 Å². The molecule has 2 saturated carbocycles. The Morgan fingerprint density at radius 3 is 2.62 bits per heavy atom. The number of ether oxygens (including phenoxy) is 2. The van der Waals surface area contributed by atoms with Crippen molar-refractivity contribution in [3.63, 3.8) is 0 Å². The molecule has 0 aromatic heterocycles. The van der Waals surface area contributed by atoms with Crippen LogP contribution in [0.3, 0.4) is 0 Å². The van der Waals surface area contributed by atoms with Crippen LogP contribution in [0.25, 0.3) is 0 Å². The Hall–Kier alpha value is -2.70. The molecule has 3 aliphatic rings. The molecule has 1 amide bonds. The first-order valence-electron chi connectivity index (χ1n) is 15.3. The van der Waals surface area contributed by atoms with Gasteiger partial charge in [0.25, 0.3) is 0 Å². The topological polar surface area (TPSA) is 67.9 Å². The first-order chi connectivity index (χ1) is 19.4. The number of piperidine rings is 1. The maximum absolute atomic E-state index is 13.1. The monoisotopic (exact) mass is 546 g/mol. The summed E-state index contributed by atoms with van der Waals surface area (Å²) < 4.78 is 11.7.